The van der Waals surface area contributed by atoms with Crippen LogP contribution in [0, 0.1) is 17.6 Å². The molecule has 0 amide bonds. The van der Waals surface area contributed by atoms with Crippen molar-refractivity contribution in [3.63, 3.8) is 0 Å². The topological polar surface area (TPSA) is 61.6 Å². The lowest BCUT2D eigenvalue weighted by molar-refractivity contribution is 1.25. The maximum atomic E-state index is 8.51. The zero-order valence-corrected chi connectivity index (χ0v) is 10.1. The summed E-state index contributed by atoms with van der Waals surface area (Å²) in [6.45, 7) is 1.99. The molecule has 2 heterocycles. The van der Waals surface area contributed by atoms with E-state index in [1.165, 1.54) is 11.3 Å². The normalized spacial score (nSPS) is 9.75. The average Bonchev–Trinajstić information content (AvgIpc) is 2.70. The van der Waals surface area contributed by atoms with Crippen LogP contribution < -0.4 is 5.32 Å². The van der Waals surface area contributed by atoms with Gasteiger partial charge in [0.2, 0.25) is 0 Å². The van der Waals surface area contributed by atoms with E-state index in [9.17, 15) is 0 Å². The van der Waals surface area contributed by atoms with E-state index in [4.69, 9.17) is 5.26 Å². The van der Waals surface area contributed by atoms with Crippen molar-refractivity contribution in [1.29, 1.82) is 5.26 Å². The number of aryl methyl sites for hydroxylation is 1. The summed E-state index contributed by atoms with van der Waals surface area (Å²) >= 11 is 2.55. The Bertz CT molecular complexity index is 512. The largest absolute Gasteiger partial charge is 0.316 e. The van der Waals surface area contributed by atoms with Gasteiger partial charge in [0.25, 0.3) is 0 Å². The van der Waals surface area contributed by atoms with E-state index in [0.717, 1.165) is 32.5 Å². The molecule has 2 aromatic heterocycles. The van der Waals surface area contributed by atoms with Gasteiger partial charge in [0.05, 0.1) is 10.4 Å². The zero-order chi connectivity index (χ0) is 11.4. The fourth-order valence-electron chi connectivity index (χ4n) is 1.06. The fraction of sp³-hybridized carbons (Fsp3) is 0.100. The number of nitrogens with zero attached hydrogens (tertiary/aromatic N) is 3. The highest BCUT2D eigenvalue weighted by Crippen LogP contribution is 2.28. The van der Waals surface area contributed by atoms with Gasteiger partial charge in [-0.1, -0.05) is 17.4 Å². The molecule has 0 atom stereocenters. The number of hydrogen-bond donors (Lipinski definition) is 1. The van der Waals surface area contributed by atoms with Crippen LogP contribution in [-0.2, 0) is 0 Å². The molecule has 0 spiro atoms. The van der Waals surface area contributed by atoms with Gasteiger partial charge in [-0.2, -0.15) is 5.26 Å². The Hall–Kier alpha value is -1.58. The molecule has 0 saturated heterocycles. The maximum Gasteiger partial charge on any atom is 0.189 e. The van der Waals surface area contributed by atoms with Gasteiger partial charge in [0, 0.05) is 18.0 Å². The quantitative estimate of drug-likeness (QED) is 0.667. The average molecular weight is 248 g/mol. The highest BCUT2D eigenvalue weighted by Gasteiger charge is 2.02. The number of pyridine rings is 1. The van der Waals surface area contributed by atoms with Gasteiger partial charge in [0.15, 0.2) is 5.13 Å². The lowest BCUT2D eigenvalue weighted by Crippen LogP contribution is -1.91. The first-order valence-electron chi connectivity index (χ1n) is 4.49. The Balaban J connectivity index is 2.09. The van der Waals surface area contributed by atoms with Crippen LogP contribution in [0.15, 0.2) is 28.7 Å². The number of nitriles is 1. The summed E-state index contributed by atoms with van der Waals surface area (Å²) in [6.07, 6.45) is 3.47. The fourth-order valence-corrected chi connectivity index (χ4v) is 2.33. The molecule has 0 bridgehead atoms. The van der Waals surface area contributed by atoms with Gasteiger partial charge < -0.3 is 5.32 Å². The predicted octanol–water partition coefficient (Wildman–Crippen LogP) is 3.16. The van der Waals surface area contributed by atoms with Gasteiger partial charge in [-0.3, -0.25) is 0 Å². The molecule has 0 unspecified atom stereocenters. The third kappa shape index (κ3) is 2.72. The molecule has 0 aliphatic heterocycles. The number of aromatic nitrogens is 2. The summed E-state index contributed by atoms with van der Waals surface area (Å²) in [5.41, 5.74) is 1.12. The third-order valence-corrected chi connectivity index (χ3v) is 3.38. The number of thioether (sulfide) groups is 1. The van der Waals surface area contributed by atoms with Crippen LogP contribution in [0.1, 0.15) is 5.56 Å². The van der Waals surface area contributed by atoms with Gasteiger partial charge in [-0.15, -0.1) is 0 Å². The molecule has 16 heavy (non-hydrogen) atoms. The summed E-state index contributed by atoms with van der Waals surface area (Å²) in [5, 5.41) is 14.3. The highest BCUT2D eigenvalue weighted by molar-refractivity contribution is 8.05. The molecule has 0 aliphatic rings. The third-order valence-electron chi connectivity index (χ3n) is 1.78. The summed E-state index contributed by atoms with van der Waals surface area (Å²) in [7, 11) is 0. The molecule has 80 valence electrons. The SMILES string of the molecule is Cc1ccc(Nc2ncc(SC#N)s2)nc1. The van der Waals surface area contributed by atoms with E-state index in [1.54, 1.807) is 12.4 Å². The predicted molar refractivity (Wildman–Crippen MR) is 65.8 cm³/mol. The molecule has 0 saturated carbocycles. The minimum absolute atomic E-state index is 0.745. The number of anilines is 2. The molecular weight excluding hydrogens is 240 g/mol. The molecule has 1 N–H and O–H groups in total. The number of rotatable bonds is 3. The Morgan fingerprint density at radius 1 is 1.38 bits per heavy atom. The maximum absolute atomic E-state index is 8.51. The van der Waals surface area contributed by atoms with Crippen LogP contribution >= 0.6 is 23.1 Å². The first-order chi connectivity index (χ1) is 7.78. The first-order valence-corrected chi connectivity index (χ1v) is 6.12. The molecule has 4 nitrogen and oxygen atoms in total. The van der Waals surface area contributed by atoms with Crippen molar-refractivity contribution in [2.75, 3.05) is 5.32 Å². The van der Waals surface area contributed by atoms with Gasteiger partial charge in [0.1, 0.15) is 11.2 Å². The molecule has 0 aromatic carbocycles. The van der Waals surface area contributed by atoms with Crippen molar-refractivity contribution in [2.45, 2.75) is 11.1 Å². The monoisotopic (exact) mass is 248 g/mol. The molecule has 2 rings (SSSR count). The second-order valence-corrected chi connectivity index (χ2v) is 5.14. The van der Waals surface area contributed by atoms with Crippen molar-refractivity contribution >= 4 is 34.0 Å². The van der Waals surface area contributed by atoms with Gasteiger partial charge in [-0.05, 0) is 18.6 Å². The molecule has 6 heteroatoms. The lowest BCUT2D eigenvalue weighted by Gasteiger charge is -2.00. The van der Waals surface area contributed by atoms with Crippen molar-refractivity contribution in [1.82, 2.24) is 9.97 Å². The minimum atomic E-state index is 0.745. The second-order valence-electron chi connectivity index (χ2n) is 3.02. The summed E-state index contributed by atoms with van der Waals surface area (Å²) in [4.78, 5) is 8.36. The van der Waals surface area contributed by atoms with Crippen LogP contribution in [0.4, 0.5) is 10.9 Å². The highest BCUT2D eigenvalue weighted by atomic mass is 32.2. The Kier molecular flexibility index (Phi) is 3.39. The lowest BCUT2D eigenvalue weighted by atomic mass is 10.3. The standard InChI is InChI=1S/C10H8N4S2/c1-7-2-3-8(12-4-7)14-10-13-5-9(16-10)15-6-11/h2-5H,1H3,(H,12,13,14). The number of thiocyanates is 1. The number of hydrogen-bond acceptors (Lipinski definition) is 6. The van der Waals surface area contributed by atoms with Crippen LogP contribution in [0.5, 0.6) is 0 Å². The number of nitrogens with one attached hydrogen (secondary N) is 1. The van der Waals surface area contributed by atoms with Crippen molar-refractivity contribution in [3.05, 3.63) is 30.1 Å². The number of thiazole rings is 1. The van der Waals surface area contributed by atoms with Crippen LogP contribution in [0.2, 0.25) is 0 Å². The van der Waals surface area contributed by atoms with E-state index in [-0.39, 0.29) is 0 Å². The van der Waals surface area contributed by atoms with Crippen LogP contribution in [-0.4, -0.2) is 9.97 Å². The van der Waals surface area contributed by atoms with Gasteiger partial charge >= 0.3 is 0 Å². The molecule has 0 fully saturated rings. The zero-order valence-electron chi connectivity index (χ0n) is 8.47. The van der Waals surface area contributed by atoms with Crippen LogP contribution in [0.25, 0.3) is 0 Å². The molecule has 2 aromatic rings. The Morgan fingerprint density at radius 3 is 2.94 bits per heavy atom. The Morgan fingerprint density at radius 2 is 2.25 bits per heavy atom. The molecular formula is C10H8N4S2. The molecule has 0 radical (unpaired) electrons. The van der Waals surface area contributed by atoms with E-state index in [1.807, 2.05) is 24.5 Å². The minimum Gasteiger partial charge on any atom is -0.316 e. The van der Waals surface area contributed by atoms with Crippen LogP contribution in [0.3, 0.4) is 0 Å². The van der Waals surface area contributed by atoms with E-state index in [0.29, 0.717) is 0 Å². The summed E-state index contributed by atoms with van der Waals surface area (Å²) < 4.78 is 0.872. The summed E-state index contributed by atoms with van der Waals surface area (Å²) in [6, 6.07) is 3.88. The molecule has 0 aliphatic carbocycles. The Labute approximate surface area is 101 Å². The summed E-state index contributed by atoms with van der Waals surface area (Å²) in [5.74, 6) is 0.758. The van der Waals surface area contributed by atoms with Crippen molar-refractivity contribution in [2.24, 2.45) is 0 Å². The van der Waals surface area contributed by atoms with E-state index < -0.39 is 0 Å². The first kappa shape index (κ1) is 10.9. The van der Waals surface area contributed by atoms with Gasteiger partial charge in [-0.25, -0.2) is 9.97 Å². The smallest absolute Gasteiger partial charge is 0.189 e. The van der Waals surface area contributed by atoms with Crippen molar-refractivity contribution < 1.29 is 0 Å². The van der Waals surface area contributed by atoms with E-state index >= 15 is 0 Å². The van der Waals surface area contributed by atoms with Crippen molar-refractivity contribution in [3.8, 4) is 5.40 Å². The second kappa shape index (κ2) is 4.96. The van der Waals surface area contributed by atoms with E-state index in [2.05, 4.69) is 15.3 Å².